The Morgan fingerprint density at radius 2 is 1.94 bits per heavy atom. The number of nitrogens with zero attached hydrogens (tertiary/aromatic N) is 1. The fourth-order valence-electron chi connectivity index (χ4n) is 1.64. The van der Waals surface area contributed by atoms with E-state index >= 15 is 0 Å². The molecule has 0 bridgehead atoms. The quantitative estimate of drug-likeness (QED) is 0.916. The van der Waals surface area contributed by atoms with Crippen molar-refractivity contribution in [2.75, 3.05) is 0 Å². The van der Waals surface area contributed by atoms with Gasteiger partial charge < -0.3 is 5.73 Å². The van der Waals surface area contributed by atoms with Crippen LogP contribution < -0.4 is 5.73 Å². The van der Waals surface area contributed by atoms with Crippen molar-refractivity contribution < 1.29 is 4.79 Å². The van der Waals surface area contributed by atoms with Crippen molar-refractivity contribution in [2.45, 2.75) is 6.92 Å². The Morgan fingerprint density at radius 3 is 2.61 bits per heavy atom. The minimum Gasteiger partial charge on any atom is -0.366 e. The van der Waals surface area contributed by atoms with Crippen LogP contribution in [0.4, 0.5) is 0 Å². The zero-order valence-corrected chi connectivity index (χ0v) is 11.1. The molecule has 0 aliphatic rings. The van der Waals surface area contributed by atoms with Crippen LogP contribution in [-0.4, -0.2) is 10.9 Å². The van der Waals surface area contributed by atoms with Gasteiger partial charge >= 0.3 is 0 Å². The number of aryl methyl sites for hydroxylation is 1. The third-order valence-electron chi connectivity index (χ3n) is 2.48. The summed E-state index contributed by atoms with van der Waals surface area (Å²) in [6.45, 7) is 1.83. The van der Waals surface area contributed by atoms with Gasteiger partial charge in [0.25, 0.3) is 5.91 Å². The molecule has 1 heterocycles. The highest BCUT2D eigenvalue weighted by Gasteiger charge is 2.14. The summed E-state index contributed by atoms with van der Waals surface area (Å²) in [7, 11) is 0. The van der Waals surface area contributed by atoms with E-state index < -0.39 is 5.91 Å². The van der Waals surface area contributed by atoms with E-state index in [1.165, 1.54) is 0 Å². The lowest BCUT2D eigenvalue weighted by Gasteiger charge is -2.09. The molecule has 1 aromatic carbocycles. The summed E-state index contributed by atoms with van der Waals surface area (Å²) in [6.07, 6.45) is 0. The molecule has 0 atom stereocenters. The van der Waals surface area contributed by atoms with Crippen molar-refractivity contribution in [1.29, 1.82) is 0 Å². The normalized spacial score (nSPS) is 10.4. The molecule has 2 rings (SSSR count). The smallest absolute Gasteiger partial charge is 0.250 e. The maximum absolute atomic E-state index is 11.4. The number of halogens is 2. The summed E-state index contributed by atoms with van der Waals surface area (Å²) in [6, 6.07) is 8.36. The Labute approximate surface area is 115 Å². The van der Waals surface area contributed by atoms with Crippen LogP contribution in [-0.2, 0) is 0 Å². The summed E-state index contributed by atoms with van der Waals surface area (Å²) in [5, 5.41) is 0.994. The molecular weight excluding hydrogens is 271 g/mol. The fourth-order valence-corrected chi connectivity index (χ4v) is 2.02. The molecule has 0 aliphatic heterocycles. The molecule has 0 unspecified atom stereocenters. The Kier molecular flexibility index (Phi) is 3.55. The Morgan fingerprint density at radius 1 is 1.22 bits per heavy atom. The van der Waals surface area contributed by atoms with Gasteiger partial charge in [-0.25, -0.2) is 0 Å². The predicted molar refractivity (Wildman–Crippen MR) is 72.9 cm³/mol. The molecule has 18 heavy (non-hydrogen) atoms. The van der Waals surface area contributed by atoms with E-state index in [9.17, 15) is 4.79 Å². The van der Waals surface area contributed by atoms with E-state index in [0.29, 0.717) is 26.9 Å². The number of carbonyl (C=O) groups excluding carboxylic acids is 1. The second-order valence-electron chi connectivity index (χ2n) is 3.84. The first kappa shape index (κ1) is 12.9. The lowest BCUT2D eigenvalue weighted by Crippen LogP contribution is -2.13. The van der Waals surface area contributed by atoms with Crippen LogP contribution in [0.3, 0.4) is 0 Å². The summed E-state index contributed by atoms with van der Waals surface area (Å²) in [5.41, 5.74) is 7.48. The van der Waals surface area contributed by atoms with Gasteiger partial charge in [-0.3, -0.25) is 9.78 Å². The zero-order valence-electron chi connectivity index (χ0n) is 9.58. The van der Waals surface area contributed by atoms with Crippen LogP contribution in [0, 0.1) is 6.92 Å². The molecule has 1 amide bonds. The number of hydrogen-bond donors (Lipinski definition) is 1. The first-order valence-corrected chi connectivity index (χ1v) is 5.97. The summed E-state index contributed by atoms with van der Waals surface area (Å²) >= 11 is 12.0. The fraction of sp³-hybridized carbons (Fsp3) is 0.0769. The van der Waals surface area contributed by atoms with E-state index in [4.69, 9.17) is 28.9 Å². The average molecular weight is 281 g/mol. The van der Waals surface area contributed by atoms with Gasteiger partial charge in [-0.05, 0) is 37.3 Å². The minimum atomic E-state index is -0.548. The first-order chi connectivity index (χ1) is 8.49. The largest absolute Gasteiger partial charge is 0.366 e. The number of benzene rings is 1. The molecule has 0 fully saturated rings. The molecule has 92 valence electrons. The monoisotopic (exact) mass is 280 g/mol. The van der Waals surface area contributed by atoms with Gasteiger partial charge in [0, 0.05) is 16.3 Å². The van der Waals surface area contributed by atoms with Crippen molar-refractivity contribution in [1.82, 2.24) is 4.98 Å². The van der Waals surface area contributed by atoms with Gasteiger partial charge in [0.15, 0.2) is 0 Å². The van der Waals surface area contributed by atoms with Crippen molar-refractivity contribution >= 4 is 29.1 Å². The molecule has 0 saturated heterocycles. The van der Waals surface area contributed by atoms with Crippen LogP contribution in [0.5, 0.6) is 0 Å². The highest BCUT2D eigenvalue weighted by atomic mass is 35.5. The second kappa shape index (κ2) is 4.96. The first-order valence-electron chi connectivity index (χ1n) is 5.22. The Bertz CT molecular complexity index is 626. The molecule has 2 N–H and O–H groups in total. The number of rotatable bonds is 2. The highest BCUT2D eigenvalue weighted by Crippen LogP contribution is 2.31. The molecule has 3 nitrogen and oxygen atoms in total. The summed E-state index contributed by atoms with van der Waals surface area (Å²) in [4.78, 5) is 15.7. The molecule has 0 radical (unpaired) electrons. The number of pyridine rings is 1. The third-order valence-corrected chi connectivity index (χ3v) is 3.05. The van der Waals surface area contributed by atoms with Crippen LogP contribution >= 0.6 is 23.2 Å². The van der Waals surface area contributed by atoms with Crippen molar-refractivity contribution in [2.24, 2.45) is 5.73 Å². The van der Waals surface area contributed by atoms with Gasteiger partial charge in [0.2, 0.25) is 0 Å². The van der Waals surface area contributed by atoms with Gasteiger partial charge in [-0.15, -0.1) is 0 Å². The second-order valence-corrected chi connectivity index (χ2v) is 4.68. The molecule has 0 aliphatic carbocycles. The molecular formula is C13H10Cl2N2O. The number of nitrogens with two attached hydrogens (primary N) is 1. The van der Waals surface area contributed by atoms with Crippen LogP contribution in [0.2, 0.25) is 10.0 Å². The maximum Gasteiger partial charge on any atom is 0.250 e. The maximum atomic E-state index is 11.4. The van der Waals surface area contributed by atoms with E-state index in [1.54, 1.807) is 30.3 Å². The van der Waals surface area contributed by atoms with Crippen LogP contribution in [0.25, 0.3) is 11.3 Å². The van der Waals surface area contributed by atoms with Gasteiger partial charge in [0.05, 0.1) is 16.3 Å². The highest BCUT2D eigenvalue weighted by molar-refractivity contribution is 6.35. The zero-order chi connectivity index (χ0) is 13.3. The number of primary amides is 1. The van der Waals surface area contributed by atoms with Crippen molar-refractivity contribution in [3.63, 3.8) is 0 Å². The number of amides is 1. The Hall–Kier alpha value is -1.58. The van der Waals surface area contributed by atoms with E-state index in [-0.39, 0.29) is 0 Å². The number of aromatic nitrogens is 1. The lowest BCUT2D eigenvalue weighted by molar-refractivity contribution is 0.100. The van der Waals surface area contributed by atoms with Crippen molar-refractivity contribution in [3.05, 3.63) is 51.6 Å². The summed E-state index contributed by atoms with van der Waals surface area (Å²) in [5.74, 6) is -0.548. The molecule has 5 heteroatoms. The van der Waals surface area contributed by atoms with E-state index in [2.05, 4.69) is 4.98 Å². The van der Waals surface area contributed by atoms with Gasteiger partial charge in [-0.2, -0.15) is 0 Å². The average Bonchev–Trinajstić information content (AvgIpc) is 2.31. The van der Waals surface area contributed by atoms with Gasteiger partial charge in [0.1, 0.15) is 0 Å². The SMILES string of the molecule is Cc1ccc(C(N)=O)c(-c2cc(Cl)ccc2Cl)n1. The standard InChI is InChI=1S/C13H10Cl2N2O/c1-7-2-4-9(13(16)18)12(17-7)10-6-8(14)3-5-11(10)15/h2-6H,1H3,(H2,16,18). The predicted octanol–water partition coefficient (Wildman–Crippen LogP) is 3.46. The molecule has 1 aromatic heterocycles. The topological polar surface area (TPSA) is 56.0 Å². The molecule has 0 saturated carbocycles. The van der Waals surface area contributed by atoms with Crippen LogP contribution in [0.15, 0.2) is 30.3 Å². The van der Waals surface area contributed by atoms with E-state index in [1.807, 2.05) is 6.92 Å². The number of hydrogen-bond acceptors (Lipinski definition) is 2. The van der Waals surface area contributed by atoms with Crippen molar-refractivity contribution in [3.8, 4) is 11.3 Å². The van der Waals surface area contributed by atoms with E-state index in [0.717, 1.165) is 5.69 Å². The lowest BCUT2D eigenvalue weighted by atomic mass is 10.0. The molecule has 2 aromatic rings. The van der Waals surface area contributed by atoms with Crippen LogP contribution in [0.1, 0.15) is 16.1 Å². The minimum absolute atomic E-state index is 0.324. The molecule has 0 spiro atoms. The van der Waals surface area contributed by atoms with Gasteiger partial charge in [-0.1, -0.05) is 23.2 Å². The number of carbonyl (C=O) groups is 1. The third kappa shape index (κ3) is 2.47. The Balaban J connectivity index is 2.73. The summed E-state index contributed by atoms with van der Waals surface area (Å²) < 4.78 is 0.